The summed E-state index contributed by atoms with van der Waals surface area (Å²) in [6.07, 6.45) is 5.04. The van der Waals surface area contributed by atoms with Gasteiger partial charge in [0.2, 0.25) is 0 Å². The highest BCUT2D eigenvalue weighted by molar-refractivity contribution is 6.14. The average Bonchev–Trinajstić information content (AvgIpc) is 2.91. The van der Waals surface area contributed by atoms with Crippen LogP contribution in [0.1, 0.15) is 56.2 Å². The van der Waals surface area contributed by atoms with Gasteiger partial charge in [0.25, 0.3) is 0 Å². The summed E-state index contributed by atoms with van der Waals surface area (Å²) < 4.78 is 9.52. The van der Waals surface area contributed by atoms with E-state index in [0.717, 1.165) is 11.1 Å². The molecule has 5 heteroatoms. The number of methoxy groups -OCH3 is 2. The number of benzene rings is 3. The number of ether oxygens (including phenoxy) is 2. The van der Waals surface area contributed by atoms with Crippen molar-refractivity contribution < 1.29 is 23.9 Å². The van der Waals surface area contributed by atoms with E-state index in [2.05, 4.69) is 12.1 Å². The molecule has 0 heterocycles. The van der Waals surface area contributed by atoms with E-state index in [1.54, 1.807) is 24.3 Å². The molecule has 4 rings (SSSR count). The molecule has 1 fully saturated rings. The predicted molar refractivity (Wildman–Crippen MR) is 135 cm³/mol. The fraction of sp³-hybridized carbons (Fsp3) is 0.167. The van der Waals surface area contributed by atoms with Gasteiger partial charge in [-0.2, -0.15) is 0 Å². The SMILES string of the molecule is COC(=O)c1ccc(/C=C2/CC(c3ccccc3)C/C(=C/c3ccc(C(=O)OC)cc3)C2=O)cc1. The van der Waals surface area contributed by atoms with Crippen molar-refractivity contribution in [3.8, 4) is 0 Å². The molecule has 0 aliphatic heterocycles. The van der Waals surface area contributed by atoms with Gasteiger partial charge in [-0.25, -0.2) is 9.59 Å². The first-order valence-corrected chi connectivity index (χ1v) is 11.4. The molecule has 0 atom stereocenters. The fourth-order valence-corrected chi connectivity index (χ4v) is 4.27. The molecular formula is C30H26O5. The molecule has 0 bridgehead atoms. The Balaban J connectivity index is 1.68. The number of rotatable bonds is 5. The van der Waals surface area contributed by atoms with Gasteiger partial charge in [-0.1, -0.05) is 54.6 Å². The van der Waals surface area contributed by atoms with E-state index in [-0.39, 0.29) is 11.7 Å². The van der Waals surface area contributed by atoms with Gasteiger partial charge in [-0.05, 0) is 71.9 Å². The number of Topliss-reactive ketones (excluding diaryl/α,β-unsaturated/α-hetero) is 1. The average molecular weight is 467 g/mol. The number of carbonyl (C=O) groups excluding carboxylic acids is 3. The van der Waals surface area contributed by atoms with Crippen molar-refractivity contribution in [1.82, 2.24) is 0 Å². The van der Waals surface area contributed by atoms with Crippen molar-refractivity contribution in [2.75, 3.05) is 14.2 Å². The van der Waals surface area contributed by atoms with Crippen molar-refractivity contribution in [1.29, 1.82) is 0 Å². The van der Waals surface area contributed by atoms with Gasteiger partial charge < -0.3 is 9.47 Å². The molecule has 0 unspecified atom stereocenters. The van der Waals surface area contributed by atoms with Crippen molar-refractivity contribution >= 4 is 29.9 Å². The quantitative estimate of drug-likeness (QED) is 0.347. The second-order valence-electron chi connectivity index (χ2n) is 8.41. The Morgan fingerprint density at radius 1 is 0.686 bits per heavy atom. The predicted octanol–water partition coefficient (Wildman–Crippen LogP) is 5.87. The fourth-order valence-electron chi connectivity index (χ4n) is 4.27. The van der Waals surface area contributed by atoms with E-state index in [1.165, 1.54) is 19.8 Å². The van der Waals surface area contributed by atoms with Crippen LogP contribution in [-0.4, -0.2) is 31.9 Å². The molecule has 35 heavy (non-hydrogen) atoms. The first kappa shape index (κ1) is 23.9. The standard InChI is InChI=1S/C30H26O5/c1-34-29(32)23-12-8-20(9-13-23)16-26-18-25(22-6-4-3-5-7-22)19-27(28(26)31)17-21-10-14-24(15-11-21)30(33)35-2/h3-17,25H,18-19H2,1-2H3/b26-16-,27-17-. The molecule has 3 aromatic rings. The monoisotopic (exact) mass is 466 g/mol. The van der Waals surface area contributed by atoms with Crippen LogP contribution in [0.5, 0.6) is 0 Å². The summed E-state index contributed by atoms with van der Waals surface area (Å²) in [6.45, 7) is 0. The maximum absolute atomic E-state index is 13.5. The van der Waals surface area contributed by atoms with Crippen molar-refractivity contribution in [2.45, 2.75) is 18.8 Å². The van der Waals surface area contributed by atoms with E-state index >= 15 is 0 Å². The molecule has 5 nitrogen and oxygen atoms in total. The lowest BCUT2D eigenvalue weighted by atomic mass is 9.76. The van der Waals surface area contributed by atoms with Crippen LogP contribution in [0, 0.1) is 0 Å². The number of esters is 2. The van der Waals surface area contributed by atoms with Crippen LogP contribution in [0.3, 0.4) is 0 Å². The third kappa shape index (κ3) is 5.64. The van der Waals surface area contributed by atoms with Gasteiger partial charge in [0.1, 0.15) is 0 Å². The summed E-state index contributed by atoms with van der Waals surface area (Å²) in [5.41, 5.74) is 5.22. The Labute approximate surface area is 204 Å². The third-order valence-corrected chi connectivity index (χ3v) is 6.13. The molecule has 176 valence electrons. The van der Waals surface area contributed by atoms with E-state index < -0.39 is 11.9 Å². The molecule has 0 saturated heterocycles. The third-order valence-electron chi connectivity index (χ3n) is 6.13. The largest absolute Gasteiger partial charge is 0.465 e. The summed E-state index contributed by atoms with van der Waals surface area (Å²) in [5, 5.41) is 0. The zero-order chi connectivity index (χ0) is 24.8. The molecular weight excluding hydrogens is 440 g/mol. The number of hydrogen-bond acceptors (Lipinski definition) is 5. The van der Waals surface area contributed by atoms with Gasteiger partial charge in [-0.3, -0.25) is 4.79 Å². The van der Waals surface area contributed by atoms with Crippen LogP contribution in [0.15, 0.2) is 90.0 Å². The summed E-state index contributed by atoms with van der Waals surface area (Å²) in [7, 11) is 2.69. The van der Waals surface area contributed by atoms with Crippen LogP contribution >= 0.6 is 0 Å². The first-order valence-electron chi connectivity index (χ1n) is 11.4. The maximum Gasteiger partial charge on any atom is 0.337 e. The summed E-state index contributed by atoms with van der Waals surface area (Å²) in [6, 6.07) is 24.2. The molecule has 1 aliphatic rings. The Morgan fingerprint density at radius 2 is 1.11 bits per heavy atom. The second-order valence-corrected chi connectivity index (χ2v) is 8.41. The Kier molecular flexibility index (Phi) is 7.36. The van der Waals surface area contributed by atoms with Gasteiger partial charge >= 0.3 is 11.9 Å². The molecule has 0 spiro atoms. The Hall–Kier alpha value is -4.25. The second kappa shape index (κ2) is 10.8. The zero-order valence-corrected chi connectivity index (χ0v) is 19.7. The minimum Gasteiger partial charge on any atom is -0.465 e. The number of ketones is 1. The molecule has 3 aromatic carbocycles. The van der Waals surface area contributed by atoms with Gasteiger partial charge in [0.05, 0.1) is 25.3 Å². The molecule has 0 aromatic heterocycles. The van der Waals surface area contributed by atoms with Crippen LogP contribution in [-0.2, 0) is 14.3 Å². The van der Waals surface area contributed by atoms with Crippen LogP contribution in [0.4, 0.5) is 0 Å². The minimum atomic E-state index is -0.398. The number of hydrogen-bond donors (Lipinski definition) is 0. The lowest BCUT2D eigenvalue weighted by Crippen LogP contribution is -2.19. The molecule has 0 amide bonds. The van der Waals surface area contributed by atoms with Gasteiger partial charge in [-0.15, -0.1) is 0 Å². The lowest BCUT2D eigenvalue weighted by molar-refractivity contribution is -0.113. The highest BCUT2D eigenvalue weighted by Gasteiger charge is 2.28. The van der Waals surface area contributed by atoms with Crippen LogP contribution in [0.2, 0.25) is 0 Å². The van der Waals surface area contributed by atoms with E-state index in [0.29, 0.717) is 35.1 Å². The zero-order valence-electron chi connectivity index (χ0n) is 19.7. The van der Waals surface area contributed by atoms with E-state index in [9.17, 15) is 14.4 Å². The number of allylic oxidation sites excluding steroid dienone is 2. The normalized spacial score (nSPS) is 17.9. The molecule has 0 radical (unpaired) electrons. The molecule has 0 N–H and O–H groups in total. The lowest BCUT2D eigenvalue weighted by Gasteiger charge is -2.26. The molecule has 1 aliphatic carbocycles. The number of carbonyl (C=O) groups is 3. The van der Waals surface area contributed by atoms with E-state index in [1.807, 2.05) is 54.6 Å². The van der Waals surface area contributed by atoms with Crippen LogP contribution in [0.25, 0.3) is 12.2 Å². The highest BCUT2D eigenvalue weighted by Crippen LogP contribution is 2.38. The first-order chi connectivity index (χ1) is 17.0. The van der Waals surface area contributed by atoms with Gasteiger partial charge in [0, 0.05) is 11.1 Å². The van der Waals surface area contributed by atoms with Crippen LogP contribution < -0.4 is 0 Å². The minimum absolute atomic E-state index is 0.00581. The maximum atomic E-state index is 13.5. The smallest absolute Gasteiger partial charge is 0.337 e. The summed E-state index contributed by atoms with van der Waals surface area (Å²) in [4.78, 5) is 36.9. The Bertz CT molecular complexity index is 1200. The van der Waals surface area contributed by atoms with Crippen molar-refractivity contribution in [2.24, 2.45) is 0 Å². The highest BCUT2D eigenvalue weighted by atomic mass is 16.5. The summed E-state index contributed by atoms with van der Waals surface area (Å²) in [5.74, 6) is -0.627. The van der Waals surface area contributed by atoms with Gasteiger partial charge in [0.15, 0.2) is 5.78 Å². The molecule has 1 saturated carbocycles. The topological polar surface area (TPSA) is 69.7 Å². The van der Waals surface area contributed by atoms with E-state index in [4.69, 9.17) is 9.47 Å². The van der Waals surface area contributed by atoms with Crippen molar-refractivity contribution in [3.63, 3.8) is 0 Å². The Morgan fingerprint density at radius 3 is 1.51 bits per heavy atom. The van der Waals surface area contributed by atoms with Crippen molar-refractivity contribution in [3.05, 3.63) is 118 Å². The summed E-state index contributed by atoms with van der Waals surface area (Å²) >= 11 is 0.